The Kier molecular flexibility index (Phi) is 3.97. The first-order valence-electron chi connectivity index (χ1n) is 4.73. The van der Waals surface area contributed by atoms with Crippen molar-refractivity contribution in [3.05, 3.63) is 11.1 Å². The number of aromatic carboxylic acids is 1. The van der Waals surface area contributed by atoms with Crippen molar-refractivity contribution >= 4 is 22.4 Å². The number of carbonyl (C=O) groups is 1. The van der Waals surface area contributed by atoms with E-state index in [0.29, 0.717) is 0 Å². The molecule has 0 atom stereocenters. The van der Waals surface area contributed by atoms with Gasteiger partial charge in [0.25, 0.3) is 0 Å². The highest BCUT2D eigenvalue weighted by Gasteiger charge is 2.33. The Morgan fingerprint density at radius 1 is 1.59 bits per heavy atom. The molecule has 0 aromatic carbocycles. The molecule has 0 spiro atoms. The average molecular weight is 268 g/mol. The fraction of sp³-hybridized carbons (Fsp3) is 0.556. The van der Waals surface area contributed by atoms with Gasteiger partial charge in [-0.05, 0) is 13.8 Å². The summed E-state index contributed by atoms with van der Waals surface area (Å²) in [5.74, 6) is -1.25. The molecule has 0 fully saturated rings. The van der Waals surface area contributed by atoms with Crippen LogP contribution < -0.4 is 4.90 Å². The van der Waals surface area contributed by atoms with Crippen LogP contribution >= 0.6 is 11.3 Å². The lowest BCUT2D eigenvalue weighted by Crippen LogP contribution is -2.39. The molecular weight excluding hydrogens is 257 g/mol. The second-order valence-corrected chi connectivity index (χ2v) is 4.49. The Hall–Kier alpha value is -1.31. The number of aromatic nitrogens is 1. The van der Waals surface area contributed by atoms with Crippen LogP contribution in [0.15, 0.2) is 5.38 Å². The number of thiazole rings is 1. The molecule has 17 heavy (non-hydrogen) atoms. The monoisotopic (exact) mass is 268 g/mol. The van der Waals surface area contributed by atoms with E-state index in [1.54, 1.807) is 13.8 Å². The first-order valence-corrected chi connectivity index (χ1v) is 5.61. The SMILES string of the molecule is CC(C)N(CC(F)(F)F)c1nc(C(=O)O)cs1. The van der Waals surface area contributed by atoms with Crippen LogP contribution in [0.1, 0.15) is 24.3 Å². The quantitative estimate of drug-likeness (QED) is 0.912. The van der Waals surface area contributed by atoms with E-state index in [1.165, 1.54) is 5.38 Å². The molecule has 0 aliphatic rings. The minimum atomic E-state index is -4.35. The second-order valence-electron chi connectivity index (χ2n) is 3.66. The molecule has 4 nitrogen and oxygen atoms in total. The second kappa shape index (κ2) is 4.91. The maximum Gasteiger partial charge on any atom is 0.406 e. The lowest BCUT2D eigenvalue weighted by atomic mass is 10.3. The molecule has 0 aliphatic heterocycles. The maximum atomic E-state index is 12.3. The zero-order valence-corrected chi connectivity index (χ0v) is 9.97. The minimum Gasteiger partial charge on any atom is -0.476 e. The highest BCUT2D eigenvalue weighted by atomic mass is 32.1. The van der Waals surface area contributed by atoms with Crippen LogP contribution in [0, 0.1) is 0 Å². The van der Waals surface area contributed by atoms with Crippen molar-refractivity contribution in [2.24, 2.45) is 0 Å². The summed E-state index contributed by atoms with van der Waals surface area (Å²) in [6.07, 6.45) is -4.35. The molecule has 0 amide bonds. The van der Waals surface area contributed by atoms with E-state index in [0.717, 1.165) is 16.2 Å². The smallest absolute Gasteiger partial charge is 0.406 e. The van der Waals surface area contributed by atoms with Gasteiger partial charge < -0.3 is 10.0 Å². The first-order chi connectivity index (χ1) is 7.70. The van der Waals surface area contributed by atoms with Crippen LogP contribution in [0.5, 0.6) is 0 Å². The molecule has 8 heteroatoms. The third kappa shape index (κ3) is 3.88. The molecular formula is C9H11F3N2O2S. The lowest BCUT2D eigenvalue weighted by molar-refractivity contribution is -0.120. The Labute approximate surface area is 99.7 Å². The van der Waals surface area contributed by atoms with Gasteiger partial charge in [-0.15, -0.1) is 11.3 Å². The summed E-state index contributed by atoms with van der Waals surface area (Å²) >= 11 is 0.889. The number of hydrogen-bond donors (Lipinski definition) is 1. The lowest BCUT2D eigenvalue weighted by Gasteiger charge is -2.26. The van der Waals surface area contributed by atoms with Crippen LogP contribution in [0.3, 0.4) is 0 Å². The van der Waals surface area contributed by atoms with E-state index < -0.39 is 24.7 Å². The van der Waals surface area contributed by atoms with Gasteiger partial charge in [-0.1, -0.05) is 0 Å². The van der Waals surface area contributed by atoms with Gasteiger partial charge >= 0.3 is 12.1 Å². The Bertz CT molecular complexity index is 403. The standard InChI is InChI=1S/C9H11F3N2O2S/c1-5(2)14(4-9(10,11)12)8-13-6(3-17-8)7(15)16/h3,5H,4H2,1-2H3,(H,15,16). The zero-order valence-electron chi connectivity index (χ0n) is 9.15. The van der Waals surface area contributed by atoms with Crippen molar-refractivity contribution in [1.82, 2.24) is 4.98 Å². The fourth-order valence-electron chi connectivity index (χ4n) is 1.16. The molecule has 0 unspecified atom stereocenters. The molecule has 96 valence electrons. The van der Waals surface area contributed by atoms with E-state index in [9.17, 15) is 18.0 Å². The Morgan fingerprint density at radius 2 is 2.18 bits per heavy atom. The largest absolute Gasteiger partial charge is 0.476 e. The molecule has 0 saturated heterocycles. The molecule has 1 N–H and O–H groups in total. The van der Waals surface area contributed by atoms with E-state index in [2.05, 4.69) is 4.98 Å². The molecule has 1 rings (SSSR count). The van der Waals surface area contributed by atoms with E-state index in [-0.39, 0.29) is 10.8 Å². The van der Waals surface area contributed by atoms with Crippen LogP contribution in [0.2, 0.25) is 0 Å². The van der Waals surface area contributed by atoms with Gasteiger partial charge in [-0.3, -0.25) is 0 Å². The summed E-state index contributed by atoms with van der Waals surface area (Å²) in [6.45, 7) is 2.04. The van der Waals surface area contributed by atoms with Crippen LogP contribution in [-0.4, -0.2) is 34.8 Å². The van der Waals surface area contributed by atoms with Crippen LogP contribution in [-0.2, 0) is 0 Å². The van der Waals surface area contributed by atoms with Gasteiger partial charge in [0.1, 0.15) is 6.54 Å². The predicted molar refractivity (Wildman–Crippen MR) is 57.6 cm³/mol. The molecule has 0 aliphatic carbocycles. The number of anilines is 1. The molecule has 0 radical (unpaired) electrons. The van der Waals surface area contributed by atoms with Crippen molar-refractivity contribution in [1.29, 1.82) is 0 Å². The van der Waals surface area contributed by atoms with Crippen molar-refractivity contribution in [3.8, 4) is 0 Å². The van der Waals surface area contributed by atoms with Gasteiger partial charge in [0, 0.05) is 11.4 Å². The number of hydrogen-bond acceptors (Lipinski definition) is 4. The fourth-order valence-corrected chi connectivity index (χ4v) is 2.09. The highest BCUT2D eigenvalue weighted by Crippen LogP contribution is 2.27. The summed E-state index contributed by atoms with van der Waals surface area (Å²) < 4.78 is 37.0. The Balaban J connectivity index is 2.94. The van der Waals surface area contributed by atoms with Crippen molar-refractivity contribution in [2.75, 3.05) is 11.4 Å². The summed E-state index contributed by atoms with van der Waals surface area (Å²) in [5, 5.41) is 9.94. The molecule has 0 bridgehead atoms. The van der Waals surface area contributed by atoms with Crippen molar-refractivity contribution in [2.45, 2.75) is 26.1 Å². The number of carboxylic acid groups (broad SMARTS) is 1. The molecule has 1 aromatic heterocycles. The summed E-state index contributed by atoms with van der Waals surface area (Å²) in [5.41, 5.74) is -0.238. The minimum absolute atomic E-state index is 0.0646. The third-order valence-corrected chi connectivity index (χ3v) is 2.81. The highest BCUT2D eigenvalue weighted by molar-refractivity contribution is 7.13. The summed E-state index contributed by atoms with van der Waals surface area (Å²) in [7, 11) is 0. The number of alkyl halides is 3. The van der Waals surface area contributed by atoms with Gasteiger partial charge in [0.2, 0.25) is 0 Å². The molecule has 1 aromatic rings. The van der Waals surface area contributed by atoms with Gasteiger partial charge in [0.15, 0.2) is 10.8 Å². The first kappa shape index (κ1) is 13.8. The zero-order chi connectivity index (χ0) is 13.2. The summed E-state index contributed by atoms with van der Waals surface area (Å²) in [4.78, 5) is 15.3. The number of carboxylic acids is 1. The van der Waals surface area contributed by atoms with Gasteiger partial charge in [-0.2, -0.15) is 13.2 Å². The number of nitrogens with zero attached hydrogens (tertiary/aromatic N) is 2. The average Bonchev–Trinajstić information content (AvgIpc) is 2.60. The van der Waals surface area contributed by atoms with E-state index in [1.807, 2.05) is 0 Å². The summed E-state index contributed by atoms with van der Waals surface area (Å²) in [6, 6.07) is -0.413. The number of halogens is 3. The predicted octanol–water partition coefficient (Wildman–Crippen LogP) is 2.62. The van der Waals surface area contributed by atoms with Crippen molar-refractivity contribution < 1.29 is 23.1 Å². The Morgan fingerprint density at radius 3 is 2.53 bits per heavy atom. The normalized spacial score (nSPS) is 11.9. The number of rotatable bonds is 4. The maximum absolute atomic E-state index is 12.3. The van der Waals surface area contributed by atoms with Crippen molar-refractivity contribution in [3.63, 3.8) is 0 Å². The van der Waals surface area contributed by atoms with Gasteiger partial charge in [0.05, 0.1) is 0 Å². The van der Waals surface area contributed by atoms with E-state index in [4.69, 9.17) is 5.11 Å². The molecule has 1 heterocycles. The topological polar surface area (TPSA) is 53.4 Å². The van der Waals surface area contributed by atoms with Crippen LogP contribution in [0.4, 0.5) is 18.3 Å². The van der Waals surface area contributed by atoms with Crippen LogP contribution in [0.25, 0.3) is 0 Å². The third-order valence-electron chi connectivity index (χ3n) is 1.93. The van der Waals surface area contributed by atoms with Gasteiger partial charge in [-0.25, -0.2) is 9.78 Å². The van der Waals surface area contributed by atoms with E-state index >= 15 is 0 Å². The molecule has 0 saturated carbocycles.